The van der Waals surface area contributed by atoms with Crippen molar-refractivity contribution in [2.75, 3.05) is 14.2 Å². The van der Waals surface area contributed by atoms with Gasteiger partial charge in [-0.05, 0) is 20.0 Å². The molecule has 0 saturated heterocycles. The zero-order chi connectivity index (χ0) is 16.3. The van der Waals surface area contributed by atoms with E-state index in [1.807, 2.05) is 12.3 Å². The first kappa shape index (κ1) is 16.4. The van der Waals surface area contributed by atoms with Crippen molar-refractivity contribution in [3.63, 3.8) is 0 Å². The minimum Gasteiger partial charge on any atom is -0.496 e. The van der Waals surface area contributed by atoms with Gasteiger partial charge in [0.15, 0.2) is 0 Å². The lowest BCUT2D eigenvalue weighted by atomic mass is 10.0. The number of ether oxygens (including phenoxy) is 1. The molecule has 2 aromatic rings. The minimum absolute atomic E-state index is 0.216. The highest BCUT2D eigenvalue weighted by Gasteiger charge is 2.28. The number of carbonyl (C=O) groups is 1. The molecule has 7 heteroatoms. The molecule has 0 aliphatic rings. The number of hydrogen-bond donors (Lipinski definition) is 1. The van der Waals surface area contributed by atoms with E-state index in [2.05, 4.69) is 4.98 Å². The van der Waals surface area contributed by atoms with E-state index in [0.29, 0.717) is 12.1 Å². The van der Waals surface area contributed by atoms with Crippen molar-refractivity contribution < 1.29 is 19.0 Å². The summed E-state index contributed by atoms with van der Waals surface area (Å²) in [5.74, 6) is -1.28. The Labute approximate surface area is 132 Å². The van der Waals surface area contributed by atoms with Crippen molar-refractivity contribution in [2.24, 2.45) is 0 Å². The van der Waals surface area contributed by atoms with Crippen LogP contribution >= 0.6 is 11.3 Å². The highest BCUT2D eigenvalue weighted by atomic mass is 32.1. The van der Waals surface area contributed by atoms with Crippen molar-refractivity contribution in [2.45, 2.75) is 19.5 Å². The molecule has 0 aliphatic carbocycles. The third-order valence-corrected chi connectivity index (χ3v) is 4.07. The van der Waals surface area contributed by atoms with Crippen LogP contribution in [0.2, 0.25) is 0 Å². The van der Waals surface area contributed by atoms with Gasteiger partial charge in [-0.2, -0.15) is 0 Å². The van der Waals surface area contributed by atoms with Crippen LogP contribution in [-0.4, -0.2) is 35.1 Å². The average molecular weight is 324 g/mol. The molecule has 1 aromatic heterocycles. The van der Waals surface area contributed by atoms with Gasteiger partial charge in [0.1, 0.15) is 17.6 Å². The van der Waals surface area contributed by atoms with Gasteiger partial charge in [0, 0.05) is 23.6 Å². The number of aromatic nitrogens is 1. The Balaban J connectivity index is 2.31. The van der Waals surface area contributed by atoms with Gasteiger partial charge in [0.25, 0.3) is 0 Å². The van der Waals surface area contributed by atoms with Crippen LogP contribution < -0.4 is 4.74 Å². The number of thiazole rings is 1. The molecule has 1 N–H and O–H groups in total. The van der Waals surface area contributed by atoms with Crippen LogP contribution in [0.25, 0.3) is 0 Å². The molecule has 1 heterocycles. The third-order valence-electron chi connectivity index (χ3n) is 3.24. The van der Waals surface area contributed by atoms with E-state index in [-0.39, 0.29) is 5.75 Å². The zero-order valence-corrected chi connectivity index (χ0v) is 13.4. The highest BCUT2D eigenvalue weighted by molar-refractivity contribution is 7.09. The van der Waals surface area contributed by atoms with Crippen molar-refractivity contribution in [1.29, 1.82) is 0 Å². The van der Waals surface area contributed by atoms with Gasteiger partial charge >= 0.3 is 5.97 Å². The fraction of sp³-hybridized carbons (Fsp3) is 0.333. The Bertz CT molecular complexity index is 675. The third kappa shape index (κ3) is 3.61. The molecular formula is C15H17FN2O3S. The molecule has 0 fully saturated rings. The van der Waals surface area contributed by atoms with Crippen LogP contribution in [0, 0.1) is 12.7 Å². The van der Waals surface area contributed by atoms with Gasteiger partial charge in [-0.15, -0.1) is 11.3 Å². The summed E-state index contributed by atoms with van der Waals surface area (Å²) in [5.41, 5.74) is 1.21. The molecule has 1 atom stereocenters. The number of nitrogens with zero attached hydrogens (tertiary/aromatic N) is 2. The number of likely N-dealkylation sites (N-methyl/N-ethyl adjacent to an activating group) is 1. The molecule has 22 heavy (non-hydrogen) atoms. The van der Waals surface area contributed by atoms with Crippen LogP contribution in [0.15, 0.2) is 23.6 Å². The normalized spacial score (nSPS) is 12.4. The number of carboxylic acid groups (broad SMARTS) is 1. The zero-order valence-electron chi connectivity index (χ0n) is 12.5. The molecule has 0 unspecified atom stereocenters. The van der Waals surface area contributed by atoms with E-state index in [0.717, 1.165) is 10.7 Å². The van der Waals surface area contributed by atoms with E-state index < -0.39 is 17.8 Å². The quantitative estimate of drug-likeness (QED) is 0.885. The number of aliphatic carboxylic acids is 1. The number of halogens is 1. The topological polar surface area (TPSA) is 62.7 Å². The molecule has 118 valence electrons. The maximum absolute atomic E-state index is 13.3. The Kier molecular flexibility index (Phi) is 5.10. The second-order valence-corrected chi connectivity index (χ2v) is 5.96. The number of benzene rings is 1. The lowest BCUT2D eigenvalue weighted by Gasteiger charge is -2.25. The Morgan fingerprint density at radius 2 is 2.27 bits per heavy atom. The molecule has 5 nitrogen and oxygen atoms in total. The maximum atomic E-state index is 13.3. The smallest absolute Gasteiger partial charge is 0.325 e. The summed E-state index contributed by atoms with van der Waals surface area (Å²) in [6, 6.07) is 2.91. The lowest BCUT2D eigenvalue weighted by molar-refractivity contribution is -0.143. The largest absolute Gasteiger partial charge is 0.496 e. The first-order chi connectivity index (χ1) is 10.4. The van der Waals surface area contributed by atoms with Crippen LogP contribution in [0.1, 0.15) is 22.3 Å². The molecule has 2 rings (SSSR count). The van der Waals surface area contributed by atoms with Crippen LogP contribution in [0.5, 0.6) is 5.75 Å². The predicted molar refractivity (Wildman–Crippen MR) is 81.6 cm³/mol. The maximum Gasteiger partial charge on any atom is 0.325 e. The molecule has 0 amide bonds. The van der Waals surface area contributed by atoms with Gasteiger partial charge in [0.05, 0.1) is 17.8 Å². The first-order valence-corrected chi connectivity index (χ1v) is 7.48. The summed E-state index contributed by atoms with van der Waals surface area (Å²) < 4.78 is 18.4. The molecular weight excluding hydrogens is 307 g/mol. The van der Waals surface area contributed by atoms with Gasteiger partial charge in [-0.25, -0.2) is 9.37 Å². The van der Waals surface area contributed by atoms with Crippen molar-refractivity contribution >= 4 is 17.3 Å². The fourth-order valence-electron chi connectivity index (χ4n) is 2.30. The van der Waals surface area contributed by atoms with Crippen LogP contribution in [0.3, 0.4) is 0 Å². The van der Waals surface area contributed by atoms with E-state index in [4.69, 9.17) is 4.74 Å². The molecule has 0 aliphatic heterocycles. The highest BCUT2D eigenvalue weighted by Crippen LogP contribution is 2.30. The lowest BCUT2D eigenvalue weighted by Crippen LogP contribution is -2.31. The molecule has 0 saturated carbocycles. The van der Waals surface area contributed by atoms with Gasteiger partial charge < -0.3 is 9.84 Å². The van der Waals surface area contributed by atoms with E-state index in [9.17, 15) is 14.3 Å². The predicted octanol–water partition coefficient (Wildman–Crippen LogP) is 2.86. The van der Waals surface area contributed by atoms with Crippen LogP contribution in [0.4, 0.5) is 4.39 Å². The monoisotopic (exact) mass is 324 g/mol. The summed E-state index contributed by atoms with van der Waals surface area (Å²) in [4.78, 5) is 17.7. The SMILES string of the molecule is COc1cc(F)ccc1[C@@H](C(=O)O)N(C)Cc1csc(C)n1. The summed E-state index contributed by atoms with van der Waals surface area (Å²) in [7, 11) is 3.08. The van der Waals surface area contributed by atoms with E-state index in [1.54, 1.807) is 11.9 Å². The fourth-order valence-corrected chi connectivity index (χ4v) is 2.90. The number of carboxylic acids is 1. The summed E-state index contributed by atoms with van der Waals surface area (Å²) in [5, 5.41) is 12.4. The molecule has 0 bridgehead atoms. The van der Waals surface area contributed by atoms with Crippen LogP contribution in [-0.2, 0) is 11.3 Å². The van der Waals surface area contributed by atoms with Crippen molar-refractivity contribution in [1.82, 2.24) is 9.88 Å². The Morgan fingerprint density at radius 1 is 1.55 bits per heavy atom. The number of aryl methyl sites for hydroxylation is 1. The Hall–Kier alpha value is -1.99. The number of methoxy groups -OCH3 is 1. The van der Waals surface area contributed by atoms with Gasteiger partial charge in [-0.3, -0.25) is 9.69 Å². The van der Waals surface area contributed by atoms with Crippen molar-refractivity contribution in [3.05, 3.63) is 45.7 Å². The van der Waals surface area contributed by atoms with E-state index >= 15 is 0 Å². The summed E-state index contributed by atoms with van der Waals surface area (Å²) in [6.07, 6.45) is 0. The average Bonchev–Trinajstić information content (AvgIpc) is 2.85. The Morgan fingerprint density at radius 3 is 2.82 bits per heavy atom. The second kappa shape index (κ2) is 6.85. The second-order valence-electron chi connectivity index (χ2n) is 4.90. The van der Waals surface area contributed by atoms with Gasteiger partial charge in [0.2, 0.25) is 0 Å². The van der Waals surface area contributed by atoms with Crippen molar-refractivity contribution in [3.8, 4) is 5.75 Å². The summed E-state index contributed by atoms with van der Waals surface area (Å²) in [6.45, 7) is 2.27. The number of rotatable bonds is 6. The van der Waals surface area contributed by atoms with Gasteiger partial charge in [-0.1, -0.05) is 6.07 Å². The minimum atomic E-state index is -1.03. The number of hydrogen-bond acceptors (Lipinski definition) is 5. The standard InChI is InChI=1S/C15H17FN2O3S/c1-9-17-11(8-22-9)7-18(2)14(15(19)20)12-5-4-10(16)6-13(12)21-3/h4-6,8,14H,7H2,1-3H3,(H,19,20)/t14-/m0/s1. The molecule has 0 radical (unpaired) electrons. The molecule has 0 spiro atoms. The summed E-state index contributed by atoms with van der Waals surface area (Å²) >= 11 is 1.51. The molecule has 1 aromatic carbocycles. The first-order valence-electron chi connectivity index (χ1n) is 6.60. The van der Waals surface area contributed by atoms with E-state index in [1.165, 1.54) is 36.6 Å².